The van der Waals surface area contributed by atoms with Gasteiger partial charge in [-0.1, -0.05) is 0 Å². The van der Waals surface area contributed by atoms with Crippen molar-refractivity contribution >= 4 is 11.8 Å². The summed E-state index contributed by atoms with van der Waals surface area (Å²) in [5.74, 6) is -0.772. The number of carboxylic acid groups (broad SMARTS) is 1. The van der Waals surface area contributed by atoms with Crippen LogP contribution in [-0.4, -0.2) is 61.1 Å². The molecule has 1 atom stereocenters. The van der Waals surface area contributed by atoms with Crippen LogP contribution >= 0.6 is 0 Å². The van der Waals surface area contributed by atoms with Crippen molar-refractivity contribution in [1.29, 1.82) is 0 Å². The van der Waals surface area contributed by atoms with E-state index < -0.39 is 5.97 Å². The largest absolute Gasteiger partial charge is 0.476 e. The summed E-state index contributed by atoms with van der Waals surface area (Å²) in [5.41, 5.74) is -0.0680. The number of hydrogen-bond donors (Lipinski definition) is 1. The van der Waals surface area contributed by atoms with Gasteiger partial charge < -0.3 is 19.5 Å². The Morgan fingerprint density at radius 2 is 2.05 bits per heavy atom. The number of nitrogens with zero attached hydrogens (tertiary/aromatic N) is 3. The molecule has 1 aromatic heterocycles. The average Bonchev–Trinajstić information content (AvgIpc) is 2.40. The number of carboxylic acids is 1. The zero-order valence-electron chi connectivity index (χ0n) is 11.4. The van der Waals surface area contributed by atoms with Crippen molar-refractivity contribution in [3.63, 3.8) is 0 Å². The van der Waals surface area contributed by atoms with Crippen LogP contribution in [0.1, 0.15) is 17.4 Å². The lowest BCUT2D eigenvalue weighted by Crippen LogP contribution is -2.40. The van der Waals surface area contributed by atoms with E-state index in [0.29, 0.717) is 25.6 Å². The minimum atomic E-state index is -1.10. The molecule has 0 aromatic carbocycles. The first-order chi connectivity index (χ1) is 9.11. The Kier molecular flexibility index (Phi) is 6.17. The van der Waals surface area contributed by atoms with E-state index in [0.717, 1.165) is 0 Å². The van der Waals surface area contributed by atoms with Gasteiger partial charge in [0.1, 0.15) is 0 Å². The van der Waals surface area contributed by atoms with Gasteiger partial charge in [0.15, 0.2) is 11.5 Å². The molecule has 1 unspecified atom stereocenters. The molecule has 106 valence electrons. The first-order valence-electron chi connectivity index (χ1n) is 5.90. The third kappa shape index (κ3) is 4.15. The number of anilines is 1. The maximum absolute atomic E-state index is 11.2. The van der Waals surface area contributed by atoms with Crippen molar-refractivity contribution in [3.05, 3.63) is 18.1 Å². The van der Waals surface area contributed by atoms with Gasteiger partial charge in [-0.15, -0.1) is 0 Å². The molecule has 0 saturated heterocycles. The maximum atomic E-state index is 11.2. The third-order valence-electron chi connectivity index (χ3n) is 2.63. The molecule has 1 heterocycles. The van der Waals surface area contributed by atoms with Crippen LogP contribution in [0.5, 0.6) is 0 Å². The summed E-state index contributed by atoms with van der Waals surface area (Å²) in [5, 5.41) is 9.16. The lowest BCUT2D eigenvalue weighted by molar-refractivity contribution is 0.0690. The van der Waals surface area contributed by atoms with Gasteiger partial charge in [-0.3, -0.25) is 0 Å². The van der Waals surface area contributed by atoms with Gasteiger partial charge in [-0.05, 0) is 6.92 Å². The van der Waals surface area contributed by atoms with E-state index in [1.54, 1.807) is 14.2 Å². The van der Waals surface area contributed by atoms with Gasteiger partial charge in [0, 0.05) is 33.2 Å². The number of rotatable bonds is 8. The number of aromatic carboxylic acids is 1. The van der Waals surface area contributed by atoms with E-state index in [-0.39, 0.29) is 11.7 Å². The molecule has 0 aliphatic heterocycles. The van der Waals surface area contributed by atoms with Crippen LogP contribution in [0.15, 0.2) is 12.4 Å². The van der Waals surface area contributed by atoms with E-state index in [2.05, 4.69) is 9.97 Å². The number of carbonyl (C=O) groups is 1. The fraction of sp³-hybridized carbons (Fsp3) is 0.583. The van der Waals surface area contributed by atoms with Gasteiger partial charge in [-0.2, -0.15) is 0 Å². The van der Waals surface area contributed by atoms with Crippen LogP contribution in [-0.2, 0) is 9.47 Å². The molecule has 0 spiro atoms. The molecular formula is C12H19N3O4. The molecule has 0 aliphatic rings. The van der Waals surface area contributed by atoms with Crippen LogP contribution in [0.2, 0.25) is 0 Å². The average molecular weight is 269 g/mol. The van der Waals surface area contributed by atoms with Crippen molar-refractivity contribution in [2.24, 2.45) is 0 Å². The smallest absolute Gasteiger partial charge is 0.358 e. The Labute approximate surface area is 112 Å². The minimum absolute atomic E-state index is 0.0325. The first kappa shape index (κ1) is 15.3. The Hall–Kier alpha value is -1.73. The molecule has 0 bridgehead atoms. The predicted octanol–water partition coefficient (Wildman–Crippen LogP) is 0.663. The third-order valence-corrected chi connectivity index (χ3v) is 2.63. The van der Waals surface area contributed by atoms with E-state index in [1.807, 2.05) is 11.8 Å². The predicted molar refractivity (Wildman–Crippen MR) is 69.6 cm³/mol. The maximum Gasteiger partial charge on any atom is 0.358 e. The Morgan fingerprint density at radius 1 is 1.37 bits per heavy atom. The Bertz CT molecular complexity index is 414. The van der Waals surface area contributed by atoms with Crippen LogP contribution in [0, 0.1) is 0 Å². The van der Waals surface area contributed by atoms with Crippen LogP contribution in [0.4, 0.5) is 5.82 Å². The summed E-state index contributed by atoms with van der Waals surface area (Å²) < 4.78 is 10.2. The van der Waals surface area contributed by atoms with Crippen molar-refractivity contribution in [2.45, 2.75) is 13.0 Å². The molecule has 1 aromatic rings. The summed E-state index contributed by atoms with van der Waals surface area (Å²) in [6.45, 7) is 3.36. The second kappa shape index (κ2) is 7.65. The molecule has 0 radical (unpaired) electrons. The summed E-state index contributed by atoms with van der Waals surface area (Å²) in [4.78, 5) is 21.0. The quantitative estimate of drug-likeness (QED) is 0.742. The number of hydrogen-bond acceptors (Lipinski definition) is 6. The molecule has 0 saturated carbocycles. The molecule has 0 fully saturated rings. The van der Waals surface area contributed by atoms with Gasteiger partial charge in [0.25, 0.3) is 0 Å². The van der Waals surface area contributed by atoms with Gasteiger partial charge >= 0.3 is 5.97 Å². The SMILES string of the molecule is COCCN(c1nccnc1C(=O)O)C(C)COC. The highest BCUT2D eigenvalue weighted by Gasteiger charge is 2.22. The normalized spacial score (nSPS) is 12.2. The van der Waals surface area contributed by atoms with Crippen LogP contribution < -0.4 is 4.90 Å². The molecule has 0 aliphatic carbocycles. The van der Waals surface area contributed by atoms with E-state index in [4.69, 9.17) is 14.6 Å². The highest BCUT2D eigenvalue weighted by atomic mass is 16.5. The van der Waals surface area contributed by atoms with Crippen molar-refractivity contribution in [2.75, 3.05) is 38.9 Å². The Morgan fingerprint density at radius 3 is 2.63 bits per heavy atom. The fourth-order valence-corrected chi connectivity index (χ4v) is 1.75. The lowest BCUT2D eigenvalue weighted by atomic mass is 10.2. The summed E-state index contributed by atoms with van der Waals surface area (Å²) in [6, 6.07) is -0.0325. The van der Waals surface area contributed by atoms with Gasteiger partial charge in [0.2, 0.25) is 0 Å². The lowest BCUT2D eigenvalue weighted by Gasteiger charge is -2.30. The molecule has 1 N–H and O–H groups in total. The number of aromatic nitrogens is 2. The minimum Gasteiger partial charge on any atom is -0.476 e. The van der Waals surface area contributed by atoms with Crippen LogP contribution in [0.25, 0.3) is 0 Å². The highest BCUT2D eigenvalue weighted by Crippen LogP contribution is 2.17. The van der Waals surface area contributed by atoms with Gasteiger partial charge in [-0.25, -0.2) is 14.8 Å². The monoisotopic (exact) mass is 269 g/mol. The topological polar surface area (TPSA) is 84.8 Å². The van der Waals surface area contributed by atoms with Crippen LogP contribution in [0.3, 0.4) is 0 Å². The molecule has 1 rings (SSSR count). The summed E-state index contributed by atoms with van der Waals surface area (Å²) >= 11 is 0. The van der Waals surface area contributed by atoms with Crippen molar-refractivity contribution in [3.8, 4) is 0 Å². The molecule has 7 nitrogen and oxygen atoms in total. The molecule has 0 amide bonds. The number of ether oxygens (including phenoxy) is 2. The van der Waals surface area contributed by atoms with E-state index >= 15 is 0 Å². The second-order valence-corrected chi connectivity index (χ2v) is 4.02. The fourth-order valence-electron chi connectivity index (χ4n) is 1.75. The zero-order chi connectivity index (χ0) is 14.3. The molecular weight excluding hydrogens is 250 g/mol. The molecule has 7 heteroatoms. The van der Waals surface area contributed by atoms with Gasteiger partial charge in [0.05, 0.1) is 19.3 Å². The van der Waals surface area contributed by atoms with Crippen molar-refractivity contribution < 1.29 is 19.4 Å². The van der Waals surface area contributed by atoms with Crippen molar-refractivity contribution in [1.82, 2.24) is 9.97 Å². The molecule has 19 heavy (non-hydrogen) atoms. The second-order valence-electron chi connectivity index (χ2n) is 4.02. The zero-order valence-corrected chi connectivity index (χ0v) is 11.4. The number of methoxy groups -OCH3 is 2. The van der Waals surface area contributed by atoms with E-state index in [9.17, 15) is 4.79 Å². The highest BCUT2D eigenvalue weighted by molar-refractivity contribution is 5.91. The summed E-state index contributed by atoms with van der Waals surface area (Å²) in [7, 11) is 3.19. The standard InChI is InChI=1S/C12H19N3O4/c1-9(8-19-3)15(6-7-18-2)11-10(12(16)17)13-4-5-14-11/h4-5,9H,6-8H2,1-3H3,(H,16,17). The Balaban J connectivity index is 3.05. The van der Waals surface area contributed by atoms with E-state index in [1.165, 1.54) is 12.4 Å². The first-order valence-corrected chi connectivity index (χ1v) is 5.90. The summed E-state index contributed by atoms with van der Waals surface area (Å²) in [6.07, 6.45) is 2.84.